The minimum absolute atomic E-state index is 0.159. The van der Waals surface area contributed by atoms with Gasteiger partial charge in [-0.2, -0.15) is 4.98 Å². The maximum atomic E-state index is 5.78. The summed E-state index contributed by atoms with van der Waals surface area (Å²) in [6, 6.07) is 9.58. The predicted octanol–water partition coefficient (Wildman–Crippen LogP) is 3.09. The second-order valence-corrected chi connectivity index (χ2v) is 4.62. The van der Waals surface area contributed by atoms with Crippen molar-refractivity contribution in [2.24, 2.45) is 0 Å². The third kappa shape index (κ3) is 3.31. The Bertz CT molecular complexity index is 512. The molecule has 1 aromatic carbocycles. The molecule has 0 saturated heterocycles. The Morgan fingerprint density at radius 2 is 2.06 bits per heavy atom. The summed E-state index contributed by atoms with van der Waals surface area (Å²) >= 11 is 9.26. The van der Waals surface area contributed by atoms with Crippen LogP contribution >= 0.6 is 27.5 Å². The molecule has 3 N–H and O–H groups in total. The van der Waals surface area contributed by atoms with E-state index in [1.54, 1.807) is 6.07 Å². The molecule has 1 heterocycles. The van der Waals surface area contributed by atoms with Crippen molar-refractivity contribution in [2.75, 3.05) is 11.1 Å². The number of hydrogen-bond donors (Lipinski definition) is 2. The van der Waals surface area contributed by atoms with E-state index in [1.807, 2.05) is 24.3 Å². The van der Waals surface area contributed by atoms with Gasteiger partial charge in [0.1, 0.15) is 11.0 Å². The summed E-state index contributed by atoms with van der Waals surface area (Å²) in [6.07, 6.45) is 0. The highest BCUT2D eigenvalue weighted by atomic mass is 79.9. The van der Waals surface area contributed by atoms with E-state index in [0.29, 0.717) is 17.5 Å². The molecule has 6 heteroatoms. The van der Waals surface area contributed by atoms with Gasteiger partial charge < -0.3 is 11.1 Å². The van der Waals surface area contributed by atoms with Crippen molar-refractivity contribution in [1.82, 2.24) is 9.97 Å². The van der Waals surface area contributed by atoms with Gasteiger partial charge in [0.15, 0.2) is 0 Å². The molecule has 1 aromatic heterocycles. The quantitative estimate of drug-likeness (QED) is 0.855. The fourth-order valence-corrected chi connectivity index (χ4v) is 1.97. The van der Waals surface area contributed by atoms with Gasteiger partial charge in [-0.3, -0.25) is 0 Å². The van der Waals surface area contributed by atoms with Gasteiger partial charge in [-0.25, -0.2) is 4.98 Å². The lowest BCUT2D eigenvalue weighted by molar-refractivity contribution is 1.08. The molecule has 0 aliphatic carbocycles. The highest BCUT2D eigenvalue weighted by molar-refractivity contribution is 9.10. The van der Waals surface area contributed by atoms with E-state index in [0.717, 1.165) is 10.0 Å². The van der Waals surface area contributed by atoms with Crippen LogP contribution in [0.15, 0.2) is 34.8 Å². The lowest BCUT2D eigenvalue weighted by Crippen LogP contribution is -2.04. The van der Waals surface area contributed by atoms with Gasteiger partial charge in [0.2, 0.25) is 5.95 Å². The second kappa shape index (κ2) is 5.33. The zero-order chi connectivity index (χ0) is 12.3. The molecule has 0 aliphatic heterocycles. The largest absolute Gasteiger partial charge is 0.368 e. The standard InChI is InChI=1S/C11H10BrClN4/c12-8-4-2-1-3-7(8)6-15-10-5-9(13)16-11(14)17-10/h1-5H,6H2,(H3,14,15,16,17). The molecule has 0 atom stereocenters. The second-order valence-electron chi connectivity index (χ2n) is 3.38. The Labute approximate surface area is 112 Å². The lowest BCUT2D eigenvalue weighted by Gasteiger charge is -2.07. The van der Waals surface area contributed by atoms with Gasteiger partial charge in [0, 0.05) is 17.1 Å². The topological polar surface area (TPSA) is 63.8 Å². The van der Waals surface area contributed by atoms with E-state index in [-0.39, 0.29) is 5.95 Å². The summed E-state index contributed by atoms with van der Waals surface area (Å²) in [5.74, 6) is 0.769. The molecular formula is C11H10BrClN4. The first-order valence-corrected chi connectivity index (χ1v) is 6.09. The van der Waals surface area contributed by atoms with Gasteiger partial charge in [-0.1, -0.05) is 45.7 Å². The fourth-order valence-electron chi connectivity index (χ4n) is 1.35. The number of nitrogens with one attached hydrogen (secondary N) is 1. The van der Waals surface area contributed by atoms with E-state index in [9.17, 15) is 0 Å². The number of nitrogens with zero attached hydrogens (tertiary/aromatic N) is 2. The Balaban J connectivity index is 2.10. The smallest absolute Gasteiger partial charge is 0.223 e. The van der Waals surface area contributed by atoms with Crippen molar-refractivity contribution >= 4 is 39.3 Å². The summed E-state index contributed by atoms with van der Waals surface area (Å²) in [7, 11) is 0. The SMILES string of the molecule is Nc1nc(Cl)cc(NCc2ccccc2Br)n1. The number of halogens is 2. The molecule has 17 heavy (non-hydrogen) atoms. The van der Waals surface area contributed by atoms with Crippen LogP contribution in [0.1, 0.15) is 5.56 Å². The Hall–Kier alpha value is -1.33. The molecule has 0 saturated carbocycles. The third-order valence-electron chi connectivity index (χ3n) is 2.13. The molecule has 0 spiro atoms. The van der Waals surface area contributed by atoms with Gasteiger partial charge in [0.05, 0.1) is 0 Å². The van der Waals surface area contributed by atoms with Crippen molar-refractivity contribution in [3.8, 4) is 0 Å². The van der Waals surface area contributed by atoms with Crippen molar-refractivity contribution in [1.29, 1.82) is 0 Å². The average Bonchev–Trinajstić information content (AvgIpc) is 2.27. The number of nitrogen functional groups attached to an aromatic ring is 1. The van der Waals surface area contributed by atoms with Crippen molar-refractivity contribution in [2.45, 2.75) is 6.54 Å². The first kappa shape index (κ1) is 12.1. The van der Waals surface area contributed by atoms with Crippen LogP contribution < -0.4 is 11.1 Å². The first-order valence-electron chi connectivity index (χ1n) is 4.92. The molecule has 0 radical (unpaired) electrons. The fraction of sp³-hybridized carbons (Fsp3) is 0.0909. The summed E-state index contributed by atoms with van der Waals surface area (Å²) in [6.45, 7) is 0.633. The number of benzene rings is 1. The Morgan fingerprint density at radius 3 is 2.76 bits per heavy atom. The summed E-state index contributed by atoms with van der Waals surface area (Å²) in [5.41, 5.74) is 6.63. The molecular weight excluding hydrogens is 304 g/mol. The number of nitrogens with two attached hydrogens (primary N) is 1. The van der Waals surface area contributed by atoms with Crippen LogP contribution in [0.4, 0.5) is 11.8 Å². The van der Waals surface area contributed by atoms with E-state index in [1.165, 1.54) is 0 Å². The normalized spacial score (nSPS) is 10.2. The van der Waals surface area contributed by atoms with Crippen molar-refractivity contribution in [3.05, 3.63) is 45.5 Å². The predicted molar refractivity (Wildman–Crippen MR) is 72.9 cm³/mol. The molecule has 4 nitrogen and oxygen atoms in total. The van der Waals surface area contributed by atoms with Gasteiger partial charge >= 0.3 is 0 Å². The average molecular weight is 314 g/mol. The molecule has 0 fully saturated rings. The molecule has 0 aliphatic rings. The van der Waals surface area contributed by atoms with E-state index in [2.05, 4.69) is 31.2 Å². The van der Waals surface area contributed by atoms with Crippen LogP contribution in [0, 0.1) is 0 Å². The number of aromatic nitrogens is 2. The van der Waals surface area contributed by atoms with Crippen LogP contribution in [-0.4, -0.2) is 9.97 Å². The Morgan fingerprint density at radius 1 is 1.29 bits per heavy atom. The van der Waals surface area contributed by atoms with Crippen LogP contribution in [0.25, 0.3) is 0 Å². The van der Waals surface area contributed by atoms with E-state index < -0.39 is 0 Å². The highest BCUT2D eigenvalue weighted by Gasteiger charge is 2.02. The zero-order valence-corrected chi connectivity index (χ0v) is 11.2. The number of hydrogen-bond acceptors (Lipinski definition) is 4. The molecule has 2 aromatic rings. The molecule has 0 amide bonds. The minimum atomic E-state index is 0.159. The van der Waals surface area contributed by atoms with Gasteiger partial charge in [-0.05, 0) is 11.6 Å². The summed E-state index contributed by atoms with van der Waals surface area (Å²) in [4.78, 5) is 7.82. The van der Waals surface area contributed by atoms with Crippen LogP contribution in [0.2, 0.25) is 5.15 Å². The van der Waals surface area contributed by atoms with Gasteiger partial charge in [0.25, 0.3) is 0 Å². The zero-order valence-electron chi connectivity index (χ0n) is 8.82. The van der Waals surface area contributed by atoms with Crippen LogP contribution in [0.5, 0.6) is 0 Å². The van der Waals surface area contributed by atoms with Crippen LogP contribution in [-0.2, 0) is 6.54 Å². The maximum Gasteiger partial charge on any atom is 0.223 e. The van der Waals surface area contributed by atoms with Crippen molar-refractivity contribution < 1.29 is 0 Å². The highest BCUT2D eigenvalue weighted by Crippen LogP contribution is 2.18. The summed E-state index contributed by atoms with van der Waals surface area (Å²) < 4.78 is 1.04. The molecule has 88 valence electrons. The molecule has 2 rings (SSSR count). The lowest BCUT2D eigenvalue weighted by atomic mass is 10.2. The third-order valence-corrected chi connectivity index (χ3v) is 3.10. The van der Waals surface area contributed by atoms with Gasteiger partial charge in [-0.15, -0.1) is 0 Å². The van der Waals surface area contributed by atoms with E-state index >= 15 is 0 Å². The first-order chi connectivity index (χ1) is 8.15. The maximum absolute atomic E-state index is 5.78. The number of anilines is 2. The van der Waals surface area contributed by atoms with Crippen LogP contribution in [0.3, 0.4) is 0 Å². The monoisotopic (exact) mass is 312 g/mol. The molecule has 0 bridgehead atoms. The summed E-state index contributed by atoms with van der Waals surface area (Å²) in [5, 5.41) is 3.46. The van der Waals surface area contributed by atoms with Crippen molar-refractivity contribution in [3.63, 3.8) is 0 Å². The van der Waals surface area contributed by atoms with E-state index in [4.69, 9.17) is 17.3 Å². The number of rotatable bonds is 3. The Kier molecular flexibility index (Phi) is 3.81. The molecule has 0 unspecified atom stereocenters. The minimum Gasteiger partial charge on any atom is -0.368 e.